The fourth-order valence-corrected chi connectivity index (χ4v) is 2.56. The summed E-state index contributed by atoms with van der Waals surface area (Å²) < 4.78 is 17.7. The van der Waals surface area contributed by atoms with E-state index in [0.717, 1.165) is 5.56 Å². The van der Waals surface area contributed by atoms with Crippen LogP contribution in [0.4, 0.5) is 0 Å². The van der Waals surface area contributed by atoms with E-state index in [2.05, 4.69) is 19.6 Å². The first-order valence-corrected chi connectivity index (χ1v) is 7.91. The van der Waals surface area contributed by atoms with E-state index in [1.54, 1.807) is 43.8 Å². The van der Waals surface area contributed by atoms with Crippen LogP contribution in [0.15, 0.2) is 36.9 Å². The minimum Gasteiger partial charge on any atom is -0.778 e. The standard InChI is InChI=1S/C12H15N4O3P/c1-2-19-20(17,18)9-8-16-7-4-11(10-15-16)12-13-5-3-6-14-12/h3-7,10H,2,8-9H2,1H3. The molecule has 20 heavy (non-hydrogen) atoms. The van der Waals surface area contributed by atoms with Crippen molar-refractivity contribution in [3.05, 3.63) is 36.9 Å². The molecule has 2 aromatic rings. The quantitative estimate of drug-likeness (QED) is 0.566. The molecule has 0 aliphatic carbocycles. The Morgan fingerprint density at radius 1 is 1.40 bits per heavy atom. The van der Waals surface area contributed by atoms with Gasteiger partial charge in [0.25, 0.3) is 0 Å². The second-order valence-electron chi connectivity index (χ2n) is 4.00. The summed E-state index contributed by atoms with van der Waals surface area (Å²) in [5.41, 5.74) is 0.775. The van der Waals surface area contributed by atoms with E-state index in [4.69, 9.17) is 0 Å². The fraction of sp³-hybridized carbons (Fsp3) is 0.333. The summed E-state index contributed by atoms with van der Waals surface area (Å²) >= 11 is 0. The summed E-state index contributed by atoms with van der Waals surface area (Å²) in [5.74, 6) is 0.580. The number of rotatable bonds is 6. The normalized spacial score (nSPS) is 13.9. The zero-order chi connectivity index (χ0) is 14.4. The Labute approximate surface area is 116 Å². The predicted octanol–water partition coefficient (Wildman–Crippen LogP) is 0.416. The topological polar surface area (TPSA) is 91.9 Å². The largest absolute Gasteiger partial charge is 0.778 e. The highest BCUT2D eigenvalue weighted by molar-refractivity contribution is 7.51. The van der Waals surface area contributed by atoms with Gasteiger partial charge < -0.3 is 14.0 Å². The van der Waals surface area contributed by atoms with Gasteiger partial charge >= 0.3 is 0 Å². The molecule has 0 radical (unpaired) electrons. The number of hydrogen-bond acceptors (Lipinski definition) is 6. The van der Waals surface area contributed by atoms with Gasteiger partial charge in [-0.25, -0.2) is 9.97 Å². The zero-order valence-corrected chi connectivity index (χ0v) is 11.9. The third-order valence-electron chi connectivity index (χ3n) is 2.52. The van der Waals surface area contributed by atoms with E-state index >= 15 is 0 Å². The van der Waals surface area contributed by atoms with Gasteiger partial charge in [0.2, 0.25) is 0 Å². The smallest absolute Gasteiger partial charge is 0.197 e. The molecule has 0 aromatic carbocycles. The molecule has 1 unspecified atom stereocenters. The SMILES string of the molecule is CCOP(=O)([O-])CC[n+]1ccc(-c2ncccn2)cn1. The van der Waals surface area contributed by atoms with Crippen molar-refractivity contribution in [2.75, 3.05) is 12.8 Å². The van der Waals surface area contributed by atoms with Crippen LogP contribution in [0.1, 0.15) is 6.92 Å². The van der Waals surface area contributed by atoms with E-state index < -0.39 is 7.60 Å². The van der Waals surface area contributed by atoms with Crippen LogP contribution in [0.25, 0.3) is 11.4 Å². The average Bonchev–Trinajstić information content (AvgIpc) is 2.47. The van der Waals surface area contributed by atoms with E-state index in [1.165, 1.54) is 4.68 Å². The second kappa shape index (κ2) is 6.65. The molecule has 0 aliphatic heterocycles. The summed E-state index contributed by atoms with van der Waals surface area (Å²) in [6, 6.07) is 3.53. The average molecular weight is 294 g/mol. The summed E-state index contributed by atoms with van der Waals surface area (Å²) in [6.07, 6.45) is 6.52. The van der Waals surface area contributed by atoms with Crippen LogP contribution in [0.2, 0.25) is 0 Å². The van der Waals surface area contributed by atoms with Crippen LogP contribution >= 0.6 is 7.60 Å². The Bertz CT molecular complexity index is 591. The van der Waals surface area contributed by atoms with E-state index in [-0.39, 0.29) is 19.3 Å². The van der Waals surface area contributed by atoms with Crippen molar-refractivity contribution in [3.63, 3.8) is 0 Å². The van der Waals surface area contributed by atoms with Crippen LogP contribution in [0, 0.1) is 0 Å². The minimum absolute atomic E-state index is 0.0836. The van der Waals surface area contributed by atoms with Crippen molar-refractivity contribution in [3.8, 4) is 11.4 Å². The molecular formula is C12H15N4O3P. The number of hydrogen-bond donors (Lipinski definition) is 0. The zero-order valence-electron chi connectivity index (χ0n) is 11.0. The van der Waals surface area contributed by atoms with Crippen LogP contribution in [0.3, 0.4) is 0 Å². The Morgan fingerprint density at radius 2 is 2.15 bits per heavy atom. The first-order valence-electron chi connectivity index (χ1n) is 6.18. The molecule has 7 nitrogen and oxygen atoms in total. The van der Waals surface area contributed by atoms with Gasteiger partial charge in [0.1, 0.15) is 13.8 Å². The third kappa shape index (κ3) is 4.16. The second-order valence-corrected chi connectivity index (χ2v) is 5.93. The Kier molecular flexibility index (Phi) is 4.89. The molecule has 2 rings (SSSR count). The maximum absolute atomic E-state index is 11.4. The molecule has 8 heteroatoms. The highest BCUT2D eigenvalue weighted by Crippen LogP contribution is 2.35. The van der Waals surface area contributed by atoms with E-state index in [1.807, 2.05) is 0 Å². The molecule has 2 aromatic heterocycles. The summed E-state index contributed by atoms with van der Waals surface area (Å²) in [6.45, 7) is 2.05. The van der Waals surface area contributed by atoms with Crippen LogP contribution in [-0.4, -0.2) is 27.8 Å². The number of nitrogens with zero attached hydrogens (tertiary/aromatic N) is 4. The first kappa shape index (κ1) is 14.7. The molecule has 0 amide bonds. The number of aromatic nitrogens is 4. The van der Waals surface area contributed by atoms with Gasteiger partial charge in [0.15, 0.2) is 18.6 Å². The Balaban J connectivity index is 2.01. The van der Waals surface area contributed by atoms with Crippen molar-refractivity contribution in [1.82, 2.24) is 15.1 Å². The molecule has 0 aliphatic rings. The molecule has 0 fully saturated rings. The molecule has 2 heterocycles. The first-order chi connectivity index (χ1) is 9.61. The van der Waals surface area contributed by atoms with Crippen LogP contribution < -0.4 is 9.58 Å². The lowest BCUT2D eigenvalue weighted by atomic mass is 10.3. The highest BCUT2D eigenvalue weighted by atomic mass is 31.2. The van der Waals surface area contributed by atoms with Crippen molar-refractivity contribution < 1.29 is 18.7 Å². The van der Waals surface area contributed by atoms with E-state index in [0.29, 0.717) is 5.82 Å². The van der Waals surface area contributed by atoms with Crippen molar-refractivity contribution >= 4 is 7.60 Å². The lowest BCUT2D eigenvalue weighted by molar-refractivity contribution is -0.750. The fourth-order valence-electron chi connectivity index (χ4n) is 1.58. The Morgan fingerprint density at radius 3 is 2.75 bits per heavy atom. The third-order valence-corrected chi connectivity index (χ3v) is 3.92. The lowest BCUT2D eigenvalue weighted by Crippen LogP contribution is -2.39. The molecule has 0 saturated carbocycles. The lowest BCUT2D eigenvalue weighted by Gasteiger charge is -2.20. The highest BCUT2D eigenvalue weighted by Gasteiger charge is 2.13. The Hall–Kier alpha value is -1.69. The molecule has 1 atom stereocenters. The van der Waals surface area contributed by atoms with Gasteiger partial charge in [-0.05, 0) is 18.1 Å². The summed E-state index contributed by atoms with van der Waals surface area (Å²) in [7, 11) is -3.76. The van der Waals surface area contributed by atoms with Crippen LogP contribution in [-0.2, 0) is 15.6 Å². The maximum Gasteiger partial charge on any atom is 0.197 e. The monoisotopic (exact) mass is 294 g/mol. The molecule has 106 valence electrons. The van der Waals surface area contributed by atoms with Gasteiger partial charge in [-0.3, -0.25) is 0 Å². The van der Waals surface area contributed by atoms with Gasteiger partial charge in [-0.15, -0.1) is 0 Å². The summed E-state index contributed by atoms with van der Waals surface area (Å²) in [5, 5.41) is 4.14. The molecule has 0 bridgehead atoms. The predicted molar refractivity (Wildman–Crippen MR) is 69.6 cm³/mol. The van der Waals surface area contributed by atoms with Gasteiger partial charge in [0, 0.05) is 24.0 Å². The van der Waals surface area contributed by atoms with Gasteiger partial charge in [0.05, 0.1) is 12.8 Å². The van der Waals surface area contributed by atoms with Crippen LogP contribution in [0.5, 0.6) is 0 Å². The molecule has 0 saturated heterocycles. The van der Waals surface area contributed by atoms with Crippen molar-refractivity contribution in [1.29, 1.82) is 0 Å². The van der Waals surface area contributed by atoms with Crippen molar-refractivity contribution in [2.24, 2.45) is 0 Å². The maximum atomic E-state index is 11.4. The molecule has 0 N–H and O–H groups in total. The van der Waals surface area contributed by atoms with Gasteiger partial charge in [-0.1, -0.05) is 4.68 Å². The summed E-state index contributed by atoms with van der Waals surface area (Å²) in [4.78, 5) is 19.7. The number of aryl methyl sites for hydroxylation is 1. The van der Waals surface area contributed by atoms with E-state index in [9.17, 15) is 9.46 Å². The molecular weight excluding hydrogens is 279 g/mol. The van der Waals surface area contributed by atoms with Gasteiger partial charge in [-0.2, -0.15) is 0 Å². The minimum atomic E-state index is -3.76. The molecule has 0 spiro atoms. The van der Waals surface area contributed by atoms with Crippen molar-refractivity contribution in [2.45, 2.75) is 13.5 Å².